The molecule has 180 valence electrons. The fourth-order valence-corrected chi connectivity index (χ4v) is 3.52. The fraction of sp³-hybridized carbons (Fsp3) is 0.370. The maximum Gasteiger partial charge on any atom is 0.322 e. The summed E-state index contributed by atoms with van der Waals surface area (Å²) in [5.41, 5.74) is 4.45. The zero-order valence-electron chi connectivity index (χ0n) is 21.0. The van der Waals surface area contributed by atoms with Crippen LogP contribution in [0.2, 0.25) is 0 Å². The van der Waals surface area contributed by atoms with Crippen LogP contribution in [0.5, 0.6) is 0 Å². The Labute approximate surface area is 202 Å². The van der Waals surface area contributed by atoms with E-state index in [0.717, 1.165) is 28.9 Å². The lowest BCUT2D eigenvalue weighted by molar-refractivity contribution is -0.116. The normalized spacial score (nSPS) is 11.2. The summed E-state index contributed by atoms with van der Waals surface area (Å²) < 4.78 is 1.74. The molecular weight excluding hydrogens is 426 g/mol. The quantitative estimate of drug-likeness (QED) is 0.476. The van der Waals surface area contributed by atoms with Crippen LogP contribution in [-0.2, 0) is 10.2 Å². The number of hydrogen-bond acceptors (Lipinski definition) is 3. The summed E-state index contributed by atoms with van der Waals surface area (Å²) >= 11 is 0. The SMILES string of the molecule is CCCN(CC(=O)Nc1cc(C(C)(C)C)nn1-c1ccc(C)cc1)C(=O)Nc1cccc(C)c1. The van der Waals surface area contributed by atoms with Crippen LogP contribution < -0.4 is 10.6 Å². The second-order valence-electron chi connectivity index (χ2n) is 9.68. The van der Waals surface area contributed by atoms with Crippen LogP contribution in [0.3, 0.4) is 0 Å². The molecule has 3 rings (SSSR count). The molecule has 0 saturated carbocycles. The Kier molecular flexibility index (Phi) is 7.76. The van der Waals surface area contributed by atoms with E-state index >= 15 is 0 Å². The second-order valence-corrected chi connectivity index (χ2v) is 9.68. The molecule has 0 aliphatic rings. The van der Waals surface area contributed by atoms with E-state index in [0.29, 0.717) is 18.1 Å². The van der Waals surface area contributed by atoms with Gasteiger partial charge >= 0.3 is 6.03 Å². The summed E-state index contributed by atoms with van der Waals surface area (Å²) in [5.74, 6) is 0.302. The van der Waals surface area contributed by atoms with Crippen molar-refractivity contribution in [2.75, 3.05) is 23.7 Å². The van der Waals surface area contributed by atoms with Gasteiger partial charge in [0.2, 0.25) is 5.91 Å². The Morgan fingerprint density at radius 3 is 2.29 bits per heavy atom. The van der Waals surface area contributed by atoms with Gasteiger partial charge in [-0.05, 0) is 50.1 Å². The number of hydrogen-bond donors (Lipinski definition) is 2. The van der Waals surface area contributed by atoms with Crippen LogP contribution in [-0.4, -0.2) is 39.7 Å². The summed E-state index contributed by atoms with van der Waals surface area (Å²) in [4.78, 5) is 27.4. The molecule has 1 aromatic heterocycles. The lowest BCUT2D eigenvalue weighted by Crippen LogP contribution is -2.41. The Morgan fingerprint density at radius 2 is 1.68 bits per heavy atom. The average molecular weight is 462 g/mol. The van der Waals surface area contributed by atoms with E-state index in [9.17, 15) is 9.59 Å². The number of urea groups is 1. The summed E-state index contributed by atoms with van der Waals surface area (Å²) in [7, 11) is 0. The number of rotatable bonds is 7. The zero-order chi connectivity index (χ0) is 24.9. The molecule has 0 saturated heterocycles. The summed E-state index contributed by atoms with van der Waals surface area (Å²) in [5, 5.41) is 10.6. The van der Waals surface area contributed by atoms with Gasteiger partial charge in [0.25, 0.3) is 0 Å². The van der Waals surface area contributed by atoms with Gasteiger partial charge in [0.1, 0.15) is 12.4 Å². The van der Waals surface area contributed by atoms with Crippen molar-refractivity contribution < 1.29 is 9.59 Å². The van der Waals surface area contributed by atoms with E-state index < -0.39 is 0 Å². The van der Waals surface area contributed by atoms with Crippen molar-refractivity contribution in [3.05, 3.63) is 71.4 Å². The minimum Gasteiger partial charge on any atom is -0.315 e. The van der Waals surface area contributed by atoms with Crippen LogP contribution in [0.4, 0.5) is 16.3 Å². The lowest BCUT2D eigenvalue weighted by atomic mass is 9.92. The van der Waals surface area contributed by atoms with Gasteiger partial charge in [0.15, 0.2) is 0 Å². The first-order chi connectivity index (χ1) is 16.1. The Bertz CT molecular complexity index is 1140. The van der Waals surface area contributed by atoms with Gasteiger partial charge in [0, 0.05) is 23.7 Å². The van der Waals surface area contributed by atoms with Crippen molar-refractivity contribution in [1.82, 2.24) is 14.7 Å². The molecule has 0 radical (unpaired) electrons. The lowest BCUT2D eigenvalue weighted by Gasteiger charge is -2.22. The van der Waals surface area contributed by atoms with Gasteiger partial charge in [-0.3, -0.25) is 4.79 Å². The molecule has 1 heterocycles. The molecule has 0 spiro atoms. The number of benzene rings is 2. The number of anilines is 2. The van der Waals surface area contributed by atoms with E-state index in [1.165, 1.54) is 4.90 Å². The summed E-state index contributed by atoms with van der Waals surface area (Å²) in [6, 6.07) is 17.2. The van der Waals surface area contributed by atoms with Crippen LogP contribution >= 0.6 is 0 Å². The highest BCUT2D eigenvalue weighted by Crippen LogP contribution is 2.26. The third-order valence-corrected chi connectivity index (χ3v) is 5.41. The van der Waals surface area contributed by atoms with Gasteiger partial charge in [-0.15, -0.1) is 0 Å². The van der Waals surface area contributed by atoms with Gasteiger partial charge < -0.3 is 15.5 Å². The number of amides is 3. The maximum absolute atomic E-state index is 13.0. The van der Waals surface area contributed by atoms with Crippen molar-refractivity contribution in [1.29, 1.82) is 0 Å². The molecule has 0 fully saturated rings. The minimum absolute atomic E-state index is 0.0601. The summed E-state index contributed by atoms with van der Waals surface area (Å²) in [6.45, 7) is 12.6. The zero-order valence-corrected chi connectivity index (χ0v) is 21.0. The monoisotopic (exact) mass is 461 g/mol. The smallest absolute Gasteiger partial charge is 0.315 e. The topological polar surface area (TPSA) is 79.3 Å². The third kappa shape index (κ3) is 6.47. The first-order valence-electron chi connectivity index (χ1n) is 11.7. The third-order valence-electron chi connectivity index (χ3n) is 5.41. The van der Waals surface area contributed by atoms with E-state index in [1.54, 1.807) is 4.68 Å². The molecular formula is C27H35N5O2. The Balaban J connectivity index is 1.79. The molecule has 0 unspecified atom stereocenters. The molecule has 7 nitrogen and oxygen atoms in total. The molecule has 3 aromatic rings. The minimum atomic E-state index is -0.301. The molecule has 2 N–H and O–H groups in total. The number of carbonyl (C=O) groups is 2. The van der Waals surface area contributed by atoms with Crippen molar-refractivity contribution in [2.45, 2.75) is 53.4 Å². The van der Waals surface area contributed by atoms with E-state index in [2.05, 4.69) is 31.4 Å². The molecule has 0 atom stereocenters. The Morgan fingerprint density at radius 1 is 0.971 bits per heavy atom. The predicted molar refractivity (Wildman–Crippen MR) is 138 cm³/mol. The van der Waals surface area contributed by atoms with Gasteiger partial charge in [-0.25, -0.2) is 9.48 Å². The van der Waals surface area contributed by atoms with Gasteiger partial charge in [-0.1, -0.05) is 57.5 Å². The number of aryl methyl sites for hydroxylation is 2. The molecule has 3 amide bonds. The van der Waals surface area contributed by atoms with Crippen LogP contribution in [0.15, 0.2) is 54.6 Å². The number of aromatic nitrogens is 2. The molecule has 0 bridgehead atoms. The number of nitrogens with one attached hydrogen (secondary N) is 2. The maximum atomic E-state index is 13.0. The van der Waals surface area contributed by atoms with Crippen LogP contribution in [0.1, 0.15) is 50.9 Å². The predicted octanol–water partition coefficient (Wildman–Crippen LogP) is 5.67. The first-order valence-corrected chi connectivity index (χ1v) is 11.7. The molecule has 0 aliphatic carbocycles. The Hall–Kier alpha value is -3.61. The highest BCUT2D eigenvalue weighted by Gasteiger charge is 2.23. The number of nitrogens with zero attached hydrogens (tertiary/aromatic N) is 3. The van der Waals surface area contributed by atoms with E-state index in [1.807, 2.05) is 75.4 Å². The first kappa shape index (κ1) is 25.0. The van der Waals surface area contributed by atoms with Gasteiger partial charge in [-0.2, -0.15) is 5.10 Å². The van der Waals surface area contributed by atoms with Crippen molar-refractivity contribution in [3.63, 3.8) is 0 Å². The van der Waals surface area contributed by atoms with Crippen LogP contribution in [0.25, 0.3) is 5.69 Å². The average Bonchev–Trinajstić information content (AvgIpc) is 3.18. The summed E-state index contributed by atoms with van der Waals surface area (Å²) in [6.07, 6.45) is 0.740. The largest absolute Gasteiger partial charge is 0.322 e. The molecule has 7 heteroatoms. The standard InChI is InChI=1S/C27H35N5O2/c1-7-15-31(26(34)28-21-10-8-9-20(3)16-21)18-25(33)29-24-17-23(27(4,5)6)30-32(24)22-13-11-19(2)12-14-22/h8-14,16-17H,7,15,18H2,1-6H3,(H,28,34)(H,29,33). The van der Waals surface area contributed by atoms with Crippen molar-refractivity contribution >= 4 is 23.4 Å². The van der Waals surface area contributed by atoms with E-state index in [4.69, 9.17) is 5.10 Å². The second kappa shape index (κ2) is 10.5. The van der Waals surface area contributed by atoms with E-state index in [-0.39, 0.29) is 23.9 Å². The fourth-order valence-electron chi connectivity index (χ4n) is 3.52. The van der Waals surface area contributed by atoms with Crippen molar-refractivity contribution in [2.24, 2.45) is 0 Å². The highest BCUT2D eigenvalue weighted by molar-refractivity contribution is 5.96. The van der Waals surface area contributed by atoms with Crippen LogP contribution in [0, 0.1) is 13.8 Å². The van der Waals surface area contributed by atoms with Gasteiger partial charge in [0.05, 0.1) is 11.4 Å². The molecule has 0 aliphatic heterocycles. The number of carbonyl (C=O) groups excluding carboxylic acids is 2. The van der Waals surface area contributed by atoms with Crippen molar-refractivity contribution in [3.8, 4) is 5.69 Å². The molecule has 2 aromatic carbocycles. The highest BCUT2D eigenvalue weighted by atomic mass is 16.2. The molecule has 34 heavy (non-hydrogen) atoms.